The van der Waals surface area contributed by atoms with E-state index in [2.05, 4.69) is 124 Å². The van der Waals surface area contributed by atoms with Gasteiger partial charge in [0.25, 0.3) is 0 Å². The lowest BCUT2D eigenvalue weighted by atomic mass is 10.1. The molecule has 0 bridgehead atoms. The largest absolute Gasteiger partial charge is 0.441 e. The Hall–Kier alpha value is -4.96. The Morgan fingerprint density at radius 3 is 1.28 bits per heavy atom. The second-order valence-corrected chi connectivity index (χ2v) is 11.8. The van der Waals surface area contributed by atoms with Gasteiger partial charge in [0.1, 0.15) is 11.0 Å². The minimum atomic E-state index is 0.727. The fourth-order valence-corrected chi connectivity index (χ4v) is 4.41. The highest BCUT2D eigenvalue weighted by atomic mass is 16.3. The van der Waals surface area contributed by atoms with Gasteiger partial charge >= 0.3 is 0 Å². The van der Waals surface area contributed by atoms with Crippen molar-refractivity contribution in [2.45, 2.75) is 69.2 Å². The van der Waals surface area contributed by atoms with Crippen LogP contribution in [0.3, 0.4) is 0 Å². The zero-order valence-electron chi connectivity index (χ0n) is 29.1. The van der Waals surface area contributed by atoms with Crippen molar-refractivity contribution >= 4 is 22.2 Å². The van der Waals surface area contributed by atoms with Gasteiger partial charge in [-0.3, -0.25) is 0 Å². The van der Waals surface area contributed by atoms with Crippen LogP contribution < -0.4 is 0 Å². The molecular formula is C42H48N2O2. The van der Waals surface area contributed by atoms with Gasteiger partial charge in [-0.15, -0.1) is 0 Å². The molecule has 4 heteroatoms. The van der Waals surface area contributed by atoms with Gasteiger partial charge in [0.15, 0.2) is 22.9 Å². The number of aryl methyl sites for hydroxylation is 10. The number of nitrogens with zero attached hydrogens (tertiary/aromatic N) is 2. The Kier molecular flexibility index (Phi) is 13.5. The molecule has 0 unspecified atom stereocenters. The average Bonchev–Trinajstić information content (AvgIpc) is 3.57. The molecule has 2 aromatic heterocycles. The number of hydrogen-bond acceptors (Lipinski definition) is 4. The minimum absolute atomic E-state index is 0.727. The molecule has 0 saturated heterocycles. The van der Waals surface area contributed by atoms with Crippen LogP contribution in [0.15, 0.2) is 118 Å². The first-order valence-electron chi connectivity index (χ1n) is 15.7. The van der Waals surface area contributed by atoms with Gasteiger partial charge < -0.3 is 8.83 Å². The van der Waals surface area contributed by atoms with Crippen LogP contribution in [0.1, 0.15) is 56.3 Å². The molecule has 0 atom stereocenters. The SMILES string of the molecule is Cc1ccc(C)cc1.Cc1ccc2nc(C)oc2c1.Cc1ccc2oc(C)nc2c1.Cc1cccc(C)c1.Cc1ccccc1C. The monoisotopic (exact) mass is 612 g/mol. The van der Waals surface area contributed by atoms with Crippen molar-refractivity contribution in [2.75, 3.05) is 0 Å². The second-order valence-electron chi connectivity index (χ2n) is 11.8. The molecule has 0 aliphatic rings. The molecule has 7 aromatic rings. The number of benzene rings is 5. The summed E-state index contributed by atoms with van der Waals surface area (Å²) in [7, 11) is 0. The van der Waals surface area contributed by atoms with Crippen molar-refractivity contribution in [1.82, 2.24) is 9.97 Å². The quantitative estimate of drug-likeness (QED) is 0.171. The molecule has 46 heavy (non-hydrogen) atoms. The molecule has 7 rings (SSSR count). The first-order valence-corrected chi connectivity index (χ1v) is 15.7. The van der Waals surface area contributed by atoms with Gasteiger partial charge in [0, 0.05) is 13.8 Å². The van der Waals surface area contributed by atoms with Crippen LogP contribution in [0.4, 0.5) is 0 Å². The third-order valence-electron chi connectivity index (χ3n) is 7.12. The van der Waals surface area contributed by atoms with Gasteiger partial charge in [-0.2, -0.15) is 0 Å². The first-order chi connectivity index (χ1) is 21.9. The maximum Gasteiger partial charge on any atom is 0.192 e. The van der Waals surface area contributed by atoms with E-state index in [9.17, 15) is 0 Å². The third kappa shape index (κ3) is 12.2. The zero-order chi connectivity index (χ0) is 33.6. The number of rotatable bonds is 0. The van der Waals surface area contributed by atoms with E-state index in [0.717, 1.165) is 34.0 Å². The van der Waals surface area contributed by atoms with Crippen LogP contribution in [0.5, 0.6) is 0 Å². The molecule has 0 spiro atoms. The Morgan fingerprint density at radius 1 is 0.348 bits per heavy atom. The van der Waals surface area contributed by atoms with Gasteiger partial charge in [0.2, 0.25) is 0 Å². The van der Waals surface area contributed by atoms with Crippen LogP contribution in [-0.2, 0) is 0 Å². The Balaban J connectivity index is 0.000000158. The summed E-state index contributed by atoms with van der Waals surface area (Å²) in [6.07, 6.45) is 0. The molecule has 0 fully saturated rings. The smallest absolute Gasteiger partial charge is 0.192 e. The lowest BCUT2D eigenvalue weighted by Gasteiger charge is -1.93. The molecular weight excluding hydrogens is 564 g/mol. The number of oxazole rings is 2. The summed E-state index contributed by atoms with van der Waals surface area (Å²) < 4.78 is 10.6. The van der Waals surface area contributed by atoms with E-state index in [1.807, 2.05) is 64.1 Å². The second kappa shape index (κ2) is 17.5. The number of aromatic nitrogens is 2. The van der Waals surface area contributed by atoms with E-state index < -0.39 is 0 Å². The first kappa shape index (κ1) is 35.5. The lowest BCUT2D eigenvalue weighted by Crippen LogP contribution is -1.74. The number of fused-ring (bicyclic) bond motifs is 2. The summed E-state index contributed by atoms with van der Waals surface area (Å²) in [5, 5.41) is 0. The molecule has 2 heterocycles. The topological polar surface area (TPSA) is 52.1 Å². The Labute approximate surface area is 275 Å². The predicted molar refractivity (Wildman–Crippen MR) is 195 cm³/mol. The standard InChI is InChI=1S/2C9H9NO.3C8H10/c1-6-3-4-9-8(5-6)10-7(2)11-9;1-6-3-4-8-9(5-6)11-7(2)10-8;1-7-3-5-8(2)6-4-7;1-7-4-3-5-8(2)6-7;1-7-5-3-4-6-8(7)2/h2*3-5H,1-2H3;3*3-6H,1-2H3. The Bertz CT molecular complexity index is 1810. The van der Waals surface area contributed by atoms with Crippen LogP contribution in [0.25, 0.3) is 22.2 Å². The number of hydrogen-bond donors (Lipinski definition) is 0. The summed E-state index contributed by atoms with van der Waals surface area (Å²) in [6, 6.07) is 37.3. The van der Waals surface area contributed by atoms with E-state index in [0.29, 0.717) is 0 Å². The lowest BCUT2D eigenvalue weighted by molar-refractivity contribution is 0.560. The molecule has 0 saturated carbocycles. The van der Waals surface area contributed by atoms with E-state index >= 15 is 0 Å². The van der Waals surface area contributed by atoms with E-state index in [1.165, 1.54) is 44.5 Å². The molecule has 0 radical (unpaired) electrons. The molecule has 0 aliphatic heterocycles. The summed E-state index contributed by atoms with van der Waals surface area (Å²) in [5.41, 5.74) is 14.1. The van der Waals surface area contributed by atoms with Gasteiger partial charge in [0.05, 0.1) is 0 Å². The van der Waals surface area contributed by atoms with Crippen molar-refractivity contribution in [1.29, 1.82) is 0 Å². The van der Waals surface area contributed by atoms with Crippen LogP contribution in [0, 0.1) is 69.2 Å². The van der Waals surface area contributed by atoms with Crippen molar-refractivity contribution in [3.05, 3.63) is 165 Å². The van der Waals surface area contributed by atoms with Crippen LogP contribution in [-0.4, -0.2) is 9.97 Å². The summed E-state index contributed by atoms with van der Waals surface area (Å²) >= 11 is 0. The fourth-order valence-electron chi connectivity index (χ4n) is 4.41. The maximum absolute atomic E-state index is 5.34. The normalized spacial score (nSPS) is 9.96. The van der Waals surface area contributed by atoms with E-state index in [4.69, 9.17) is 8.83 Å². The van der Waals surface area contributed by atoms with Gasteiger partial charge in [-0.25, -0.2) is 9.97 Å². The highest BCUT2D eigenvalue weighted by Gasteiger charge is 2.00. The van der Waals surface area contributed by atoms with E-state index in [-0.39, 0.29) is 0 Å². The van der Waals surface area contributed by atoms with Crippen molar-refractivity contribution in [2.24, 2.45) is 0 Å². The van der Waals surface area contributed by atoms with E-state index in [1.54, 1.807) is 0 Å². The maximum atomic E-state index is 5.34. The highest BCUT2D eigenvalue weighted by Crippen LogP contribution is 2.16. The Morgan fingerprint density at radius 2 is 0.783 bits per heavy atom. The van der Waals surface area contributed by atoms with Gasteiger partial charge in [-0.1, -0.05) is 107 Å². The third-order valence-corrected chi connectivity index (χ3v) is 7.12. The summed E-state index contributed by atoms with van der Waals surface area (Å²) in [4.78, 5) is 8.39. The zero-order valence-corrected chi connectivity index (χ0v) is 29.1. The molecule has 0 N–H and O–H groups in total. The van der Waals surface area contributed by atoms with Crippen LogP contribution in [0.2, 0.25) is 0 Å². The molecule has 5 aromatic carbocycles. The molecule has 238 valence electrons. The average molecular weight is 613 g/mol. The van der Waals surface area contributed by atoms with Crippen molar-refractivity contribution in [3.63, 3.8) is 0 Å². The summed E-state index contributed by atoms with van der Waals surface area (Å²) in [5.74, 6) is 1.45. The predicted octanol–water partition coefficient (Wildman–Crippen LogP) is 11.8. The van der Waals surface area contributed by atoms with Crippen molar-refractivity contribution < 1.29 is 8.83 Å². The van der Waals surface area contributed by atoms with Crippen molar-refractivity contribution in [3.8, 4) is 0 Å². The van der Waals surface area contributed by atoms with Gasteiger partial charge in [-0.05, 0) is 102 Å². The summed E-state index contributed by atoms with van der Waals surface area (Å²) in [6.45, 7) is 20.4. The minimum Gasteiger partial charge on any atom is -0.441 e. The van der Waals surface area contributed by atoms with Crippen LogP contribution >= 0.6 is 0 Å². The molecule has 4 nitrogen and oxygen atoms in total. The molecule has 0 amide bonds. The fraction of sp³-hybridized carbons (Fsp3) is 0.238. The molecule has 0 aliphatic carbocycles. The highest BCUT2D eigenvalue weighted by molar-refractivity contribution is 5.73.